The Morgan fingerprint density at radius 3 is 2.47 bits per heavy atom. The molecule has 0 aliphatic carbocycles. The average Bonchev–Trinajstić information content (AvgIpc) is 3.32. The SMILES string of the molecule is CCn1c(=O)c(-c2noc(C(=O)NCCc3ccc(Cl)cc3)n2)nn(-c2ccc(C)cc2)c1=O. The van der Waals surface area contributed by atoms with Crippen LogP contribution in [0.15, 0.2) is 62.6 Å². The zero-order valence-electron chi connectivity index (χ0n) is 18.5. The van der Waals surface area contributed by atoms with Gasteiger partial charge >= 0.3 is 17.5 Å². The molecule has 1 amide bonds. The van der Waals surface area contributed by atoms with E-state index in [1.54, 1.807) is 31.2 Å². The molecule has 1 N–H and O–H groups in total. The summed E-state index contributed by atoms with van der Waals surface area (Å²) in [6, 6.07) is 14.4. The molecule has 2 aromatic heterocycles. The van der Waals surface area contributed by atoms with Crippen LogP contribution < -0.4 is 16.6 Å². The lowest BCUT2D eigenvalue weighted by Crippen LogP contribution is -2.41. The molecule has 0 saturated carbocycles. The molecule has 4 aromatic rings. The minimum atomic E-state index is -0.675. The van der Waals surface area contributed by atoms with Gasteiger partial charge in [0.2, 0.25) is 5.82 Å². The van der Waals surface area contributed by atoms with Crippen molar-refractivity contribution in [1.82, 2.24) is 29.8 Å². The third-order valence-corrected chi connectivity index (χ3v) is 5.35. The fraction of sp³-hybridized carbons (Fsp3) is 0.217. The van der Waals surface area contributed by atoms with Crippen LogP contribution in [0.2, 0.25) is 5.02 Å². The number of benzene rings is 2. The summed E-state index contributed by atoms with van der Waals surface area (Å²) < 4.78 is 7.17. The number of nitrogens with one attached hydrogen (secondary N) is 1. The lowest BCUT2D eigenvalue weighted by Gasteiger charge is -2.09. The highest BCUT2D eigenvalue weighted by Gasteiger charge is 2.22. The topological polar surface area (TPSA) is 125 Å². The largest absolute Gasteiger partial charge is 0.352 e. The van der Waals surface area contributed by atoms with E-state index in [9.17, 15) is 14.4 Å². The molecule has 0 atom stereocenters. The van der Waals surface area contributed by atoms with E-state index in [1.807, 2.05) is 31.2 Å². The van der Waals surface area contributed by atoms with E-state index < -0.39 is 17.2 Å². The molecule has 0 aliphatic heterocycles. The summed E-state index contributed by atoms with van der Waals surface area (Å²) in [6.07, 6.45) is 0.578. The minimum absolute atomic E-state index is 0.120. The van der Waals surface area contributed by atoms with Crippen molar-refractivity contribution in [2.24, 2.45) is 0 Å². The Labute approximate surface area is 198 Å². The predicted molar refractivity (Wildman–Crippen MR) is 125 cm³/mol. The highest BCUT2D eigenvalue weighted by Crippen LogP contribution is 2.12. The van der Waals surface area contributed by atoms with Gasteiger partial charge in [-0.1, -0.05) is 46.6 Å². The first-order chi connectivity index (χ1) is 16.4. The molecule has 0 radical (unpaired) electrons. The third-order valence-electron chi connectivity index (χ3n) is 5.10. The van der Waals surface area contributed by atoms with Gasteiger partial charge in [-0.15, -0.1) is 0 Å². The van der Waals surface area contributed by atoms with Gasteiger partial charge in [0.15, 0.2) is 5.69 Å². The highest BCUT2D eigenvalue weighted by molar-refractivity contribution is 6.30. The lowest BCUT2D eigenvalue weighted by atomic mass is 10.1. The first kappa shape index (κ1) is 23.1. The van der Waals surface area contributed by atoms with Crippen LogP contribution in [0.1, 0.15) is 28.7 Å². The number of halogens is 1. The second-order valence-electron chi connectivity index (χ2n) is 7.48. The molecule has 0 aliphatic rings. The third kappa shape index (κ3) is 4.81. The number of carbonyl (C=O) groups excluding carboxylic acids is 1. The van der Waals surface area contributed by atoms with Crippen molar-refractivity contribution in [2.45, 2.75) is 26.8 Å². The van der Waals surface area contributed by atoms with Gasteiger partial charge in [0.05, 0.1) is 5.69 Å². The summed E-state index contributed by atoms with van der Waals surface area (Å²) in [5.74, 6) is -1.09. The maximum Gasteiger partial charge on any atom is 0.352 e. The monoisotopic (exact) mass is 480 g/mol. The Hall–Kier alpha value is -4.05. The van der Waals surface area contributed by atoms with Gasteiger partial charge in [0.25, 0.3) is 5.56 Å². The standard InChI is InChI=1S/C23H21ClN6O4/c1-3-29-22(32)18(27-30(23(29)33)17-10-4-14(2)5-11-17)19-26-21(34-28-19)20(31)25-13-12-15-6-8-16(24)9-7-15/h4-11H,3,12-13H2,1-2H3,(H,25,31). The molecule has 0 unspecified atom stereocenters. The number of amides is 1. The zero-order chi connectivity index (χ0) is 24.2. The minimum Gasteiger partial charge on any atom is -0.347 e. The van der Waals surface area contributed by atoms with Gasteiger partial charge < -0.3 is 9.84 Å². The van der Waals surface area contributed by atoms with Crippen molar-refractivity contribution in [3.05, 3.63) is 91.4 Å². The molecule has 4 rings (SSSR count). The number of nitrogens with zero attached hydrogens (tertiary/aromatic N) is 5. The smallest absolute Gasteiger partial charge is 0.347 e. The van der Waals surface area contributed by atoms with Crippen molar-refractivity contribution in [3.8, 4) is 17.2 Å². The summed E-state index contributed by atoms with van der Waals surface area (Å²) in [7, 11) is 0. The van der Waals surface area contributed by atoms with Crippen molar-refractivity contribution in [3.63, 3.8) is 0 Å². The molecule has 34 heavy (non-hydrogen) atoms. The zero-order valence-corrected chi connectivity index (χ0v) is 19.2. The molecular formula is C23H21ClN6O4. The van der Waals surface area contributed by atoms with Crippen molar-refractivity contribution in [2.75, 3.05) is 6.54 Å². The number of carbonyl (C=O) groups is 1. The average molecular weight is 481 g/mol. The van der Waals surface area contributed by atoms with Crippen LogP contribution >= 0.6 is 11.6 Å². The molecule has 174 valence electrons. The summed E-state index contributed by atoms with van der Waals surface area (Å²) >= 11 is 5.87. The summed E-state index contributed by atoms with van der Waals surface area (Å²) in [4.78, 5) is 42.1. The predicted octanol–water partition coefficient (Wildman–Crippen LogP) is 2.40. The van der Waals surface area contributed by atoms with Crippen LogP contribution in [0.3, 0.4) is 0 Å². The normalized spacial score (nSPS) is 10.9. The molecule has 0 spiro atoms. The van der Waals surface area contributed by atoms with E-state index in [4.69, 9.17) is 16.1 Å². The Kier molecular flexibility index (Phi) is 6.69. The number of hydrogen-bond donors (Lipinski definition) is 1. The molecule has 2 heterocycles. The Bertz CT molecular complexity index is 1440. The number of aromatic nitrogens is 5. The van der Waals surface area contributed by atoms with Gasteiger partial charge in [0.1, 0.15) is 0 Å². The first-order valence-electron chi connectivity index (χ1n) is 10.6. The van der Waals surface area contributed by atoms with E-state index in [0.717, 1.165) is 20.4 Å². The van der Waals surface area contributed by atoms with E-state index in [0.29, 0.717) is 23.7 Å². The number of hydrogen-bond acceptors (Lipinski definition) is 7. The summed E-state index contributed by atoms with van der Waals surface area (Å²) in [5, 5.41) is 11.2. The van der Waals surface area contributed by atoms with E-state index in [2.05, 4.69) is 20.6 Å². The molecular weight excluding hydrogens is 460 g/mol. The van der Waals surface area contributed by atoms with Crippen LogP contribution in [0, 0.1) is 6.92 Å². The van der Waals surface area contributed by atoms with Gasteiger partial charge in [-0.2, -0.15) is 14.8 Å². The second-order valence-corrected chi connectivity index (χ2v) is 7.92. The van der Waals surface area contributed by atoms with Crippen molar-refractivity contribution >= 4 is 17.5 Å². The van der Waals surface area contributed by atoms with Gasteiger partial charge in [0, 0.05) is 18.1 Å². The maximum absolute atomic E-state index is 12.8. The Balaban J connectivity index is 1.58. The fourth-order valence-electron chi connectivity index (χ4n) is 3.25. The Morgan fingerprint density at radius 2 is 1.79 bits per heavy atom. The molecule has 10 nitrogen and oxygen atoms in total. The second kappa shape index (κ2) is 9.84. The van der Waals surface area contributed by atoms with Crippen molar-refractivity contribution in [1.29, 1.82) is 0 Å². The van der Waals surface area contributed by atoms with Crippen molar-refractivity contribution < 1.29 is 9.32 Å². The van der Waals surface area contributed by atoms with Gasteiger partial charge in [-0.05, 0) is 50.1 Å². The maximum atomic E-state index is 12.8. The van der Waals surface area contributed by atoms with Crippen LogP contribution in [-0.4, -0.2) is 36.9 Å². The molecule has 11 heteroatoms. The lowest BCUT2D eigenvalue weighted by molar-refractivity contribution is 0.0910. The first-order valence-corrected chi connectivity index (χ1v) is 10.9. The van der Waals surface area contributed by atoms with Crippen LogP contribution in [0.4, 0.5) is 0 Å². The summed E-state index contributed by atoms with van der Waals surface area (Å²) in [5.41, 5.74) is 1.01. The molecule has 0 saturated heterocycles. The molecule has 0 fully saturated rings. The Morgan fingerprint density at radius 1 is 1.09 bits per heavy atom. The molecule has 2 aromatic carbocycles. The summed E-state index contributed by atoms with van der Waals surface area (Å²) in [6.45, 7) is 4.04. The number of rotatable bonds is 7. The van der Waals surface area contributed by atoms with Crippen LogP contribution in [-0.2, 0) is 13.0 Å². The molecule has 0 bridgehead atoms. The van der Waals surface area contributed by atoms with Crippen LogP contribution in [0.25, 0.3) is 17.2 Å². The van der Waals surface area contributed by atoms with E-state index in [1.165, 1.54) is 0 Å². The van der Waals surface area contributed by atoms with E-state index >= 15 is 0 Å². The number of aryl methyl sites for hydroxylation is 1. The van der Waals surface area contributed by atoms with Gasteiger partial charge in [-0.3, -0.25) is 14.2 Å². The highest BCUT2D eigenvalue weighted by atomic mass is 35.5. The van der Waals surface area contributed by atoms with E-state index in [-0.39, 0.29) is 24.0 Å². The quantitative estimate of drug-likeness (QED) is 0.430. The fourth-order valence-corrected chi connectivity index (χ4v) is 3.37. The van der Waals surface area contributed by atoms with Gasteiger partial charge in [-0.25, -0.2) is 4.79 Å². The van der Waals surface area contributed by atoms with Crippen LogP contribution in [0.5, 0.6) is 0 Å².